The van der Waals surface area contributed by atoms with Gasteiger partial charge in [0.1, 0.15) is 18.3 Å². The molecule has 1 saturated heterocycles. The highest BCUT2D eigenvalue weighted by molar-refractivity contribution is 5.66. The van der Waals surface area contributed by atoms with Gasteiger partial charge in [0.05, 0.1) is 13.2 Å². The summed E-state index contributed by atoms with van der Waals surface area (Å²) in [6.07, 6.45) is -5.90. The van der Waals surface area contributed by atoms with Gasteiger partial charge < -0.3 is 29.5 Å². The van der Waals surface area contributed by atoms with Gasteiger partial charge in [-0.15, -0.1) is 0 Å². The number of carbonyl (C=O) groups is 1. The van der Waals surface area contributed by atoms with Crippen LogP contribution in [-0.4, -0.2) is 58.6 Å². The molecule has 0 saturated carbocycles. The Labute approximate surface area is 128 Å². The Morgan fingerprint density at radius 1 is 1.23 bits per heavy atom. The summed E-state index contributed by atoms with van der Waals surface area (Å²) in [4.78, 5) is 11.2. The molecule has 0 bridgehead atoms. The minimum atomic E-state index is -1.48. The van der Waals surface area contributed by atoms with Crippen molar-refractivity contribution in [2.24, 2.45) is 0 Å². The second kappa shape index (κ2) is 7.66. The lowest BCUT2D eigenvalue weighted by molar-refractivity contribution is -0.299. The van der Waals surface area contributed by atoms with Gasteiger partial charge >= 0.3 is 5.97 Å². The maximum absolute atomic E-state index is 11.2. The lowest BCUT2D eigenvalue weighted by atomic mass is 9.98. The van der Waals surface area contributed by atoms with Crippen molar-refractivity contribution in [1.29, 1.82) is 0 Å². The number of ether oxygens (including phenoxy) is 3. The number of aliphatic hydroxyl groups is 3. The van der Waals surface area contributed by atoms with Gasteiger partial charge in [0.2, 0.25) is 0 Å². The minimum Gasteiger partial charge on any atom is -0.454 e. The number of aliphatic hydroxyl groups excluding tert-OH is 3. The van der Waals surface area contributed by atoms with E-state index in [0.29, 0.717) is 0 Å². The van der Waals surface area contributed by atoms with Gasteiger partial charge in [-0.05, 0) is 5.56 Å². The molecule has 1 aromatic carbocycles. The number of carbonyl (C=O) groups excluding carboxylic acids is 1. The van der Waals surface area contributed by atoms with Crippen LogP contribution < -0.4 is 0 Å². The second-order valence-electron chi connectivity index (χ2n) is 5.07. The minimum absolute atomic E-state index is 0.158. The Morgan fingerprint density at radius 3 is 2.50 bits per heavy atom. The van der Waals surface area contributed by atoms with E-state index in [1.165, 1.54) is 6.92 Å². The van der Waals surface area contributed by atoms with Crippen molar-refractivity contribution < 1.29 is 34.3 Å². The molecule has 2 rings (SSSR count). The molecule has 0 amide bonds. The van der Waals surface area contributed by atoms with Crippen molar-refractivity contribution in [2.75, 3.05) is 6.61 Å². The number of esters is 1. The highest BCUT2D eigenvalue weighted by Gasteiger charge is 2.47. The lowest BCUT2D eigenvalue weighted by Crippen LogP contribution is -2.60. The third-order valence-corrected chi connectivity index (χ3v) is 3.40. The number of rotatable bonds is 5. The first-order valence-corrected chi connectivity index (χ1v) is 6.98. The van der Waals surface area contributed by atoms with Crippen LogP contribution in [0.1, 0.15) is 12.5 Å². The lowest BCUT2D eigenvalue weighted by Gasteiger charge is -2.41. The molecule has 5 atom stereocenters. The first-order valence-electron chi connectivity index (χ1n) is 6.98. The molecule has 22 heavy (non-hydrogen) atoms. The Hall–Kier alpha value is -1.51. The largest absolute Gasteiger partial charge is 0.454 e. The van der Waals surface area contributed by atoms with Crippen molar-refractivity contribution in [2.45, 2.75) is 44.2 Å². The van der Waals surface area contributed by atoms with Crippen LogP contribution in [0.25, 0.3) is 0 Å². The topological polar surface area (TPSA) is 105 Å². The van der Waals surface area contributed by atoms with Gasteiger partial charge in [-0.25, -0.2) is 0 Å². The average molecular weight is 312 g/mol. The number of hydrogen-bond donors (Lipinski definition) is 3. The summed E-state index contributed by atoms with van der Waals surface area (Å²) in [5.74, 6) is -0.629. The zero-order valence-corrected chi connectivity index (χ0v) is 12.2. The summed E-state index contributed by atoms with van der Waals surface area (Å²) < 4.78 is 15.6. The van der Waals surface area contributed by atoms with E-state index in [9.17, 15) is 20.1 Å². The van der Waals surface area contributed by atoms with Crippen molar-refractivity contribution in [1.82, 2.24) is 0 Å². The van der Waals surface area contributed by atoms with E-state index in [0.717, 1.165) is 5.56 Å². The van der Waals surface area contributed by atoms with Gasteiger partial charge in [-0.2, -0.15) is 0 Å². The van der Waals surface area contributed by atoms with Gasteiger partial charge in [-0.3, -0.25) is 4.79 Å². The smallest absolute Gasteiger partial charge is 0.303 e. The first-order chi connectivity index (χ1) is 10.5. The van der Waals surface area contributed by atoms with Crippen molar-refractivity contribution in [3.63, 3.8) is 0 Å². The van der Waals surface area contributed by atoms with E-state index < -0.39 is 43.3 Å². The van der Waals surface area contributed by atoms with E-state index in [4.69, 9.17) is 14.2 Å². The maximum atomic E-state index is 11.2. The highest BCUT2D eigenvalue weighted by Crippen LogP contribution is 2.25. The van der Waals surface area contributed by atoms with Crippen LogP contribution in [0.4, 0.5) is 0 Å². The first kappa shape index (κ1) is 16.9. The van der Waals surface area contributed by atoms with Crippen molar-refractivity contribution in [3.8, 4) is 0 Å². The standard InChI is InChI=1S/C15H20O7/c1-9(17)21-14-13(12(18)11(7-16)22-15(14)19)20-8-10-5-3-2-4-6-10/h2-6,11-16,18-19H,7-8H2,1H3/t11-,12-,13+,14-,15+/m1/s1. The Kier molecular flexibility index (Phi) is 5.87. The predicted molar refractivity (Wildman–Crippen MR) is 74.5 cm³/mol. The van der Waals surface area contributed by atoms with Gasteiger partial charge in [0.15, 0.2) is 12.4 Å². The molecule has 3 N–H and O–H groups in total. The van der Waals surface area contributed by atoms with Crippen LogP contribution in [-0.2, 0) is 25.6 Å². The summed E-state index contributed by atoms with van der Waals surface area (Å²) in [6.45, 7) is 0.854. The quantitative estimate of drug-likeness (QED) is 0.634. The fourth-order valence-corrected chi connectivity index (χ4v) is 2.33. The summed E-state index contributed by atoms with van der Waals surface area (Å²) in [5.41, 5.74) is 0.859. The number of benzene rings is 1. The summed E-state index contributed by atoms with van der Waals surface area (Å²) in [6, 6.07) is 9.22. The molecule has 0 unspecified atom stereocenters. The van der Waals surface area contributed by atoms with Crippen LogP contribution in [0.15, 0.2) is 30.3 Å². The Bertz CT molecular complexity index is 478. The summed E-state index contributed by atoms with van der Waals surface area (Å²) >= 11 is 0. The molecule has 0 radical (unpaired) electrons. The van der Waals surface area contributed by atoms with E-state index in [2.05, 4.69) is 0 Å². The molecule has 0 spiro atoms. The van der Waals surface area contributed by atoms with E-state index >= 15 is 0 Å². The van der Waals surface area contributed by atoms with Gasteiger partial charge in [0, 0.05) is 6.92 Å². The van der Waals surface area contributed by atoms with Crippen LogP contribution in [0, 0.1) is 0 Å². The zero-order chi connectivity index (χ0) is 16.1. The Balaban J connectivity index is 2.10. The normalized spacial score (nSPS) is 31.7. The third kappa shape index (κ3) is 4.02. The second-order valence-corrected chi connectivity index (χ2v) is 5.07. The molecular weight excluding hydrogens is 292 g/mol. The monoisotopic (exact) mass is 312 g/mol. The Morgan fingerprint density at radius 2 is 1.91 bits per heavy atom. The SMILES string of the molecule is CC(=O)O[C@@H]1[C@@H](OCc2ccccc2)[C@H](O)[C@@H](CO)O[C@@H]1O. The van der Waals surface area contributed by atoms with Crippen molar-refractivity contribution >= 4 is 5.97 Å². The van der Waals surface area contributed by atoms with Crippen molar-refractivity contribution in [3.05, 3.63) is 35.9 Å². The molecule has 1 fully saturated rings. The fourth-order valence-electron chi connectivity index (χ4n) is 2.33. The molecule has 0 aliphatic carbocycles. The van der Waals surface area contributed by atoms with Crippen LogP contribution >= 0.6 is 0 Å². The molecule has 1 aliphatic heterocycles. The van der Waals surface area contributed by atoms with Gasteiger partial charge in [0.25, 0.3) is 0 Å². The van der Waals surface area contributed by atoms with Crippen LogP contribution in [0.5, 0.6) is 0 Å². The zero-order valence-electron chi connectivity index (χ0n) is 12.2. The fraction of sp³-hybridized carbons (Fsp3) is 0.533. The molecule has 1 heterocycles. The molecular formula is C15H20O7. The van der Waals surface area contributed by atoms with Gasteiger partial charge in [-0.1, -0.05) is 30.3 Å². The molecule has 1 aliphatic rings. The van der Waals surface area contributed by atoms with E-state index in [1.54, 1.807) is 0 Å². The average Bonchev–Trinajstić information content (AvgIpc) is 2.50. The number of hydrogen-bond acceptors (Lipinski definition) is 7. The molecule has 122 valence electrons. The molecule has 0 aromatic heterocycles. The summed E-state index contributed by atoms with van der Waals surface area (Å²) in [5, 5.41) is 29.3. The van der Waals surface area contributed by atoms with Crippen LogP contribution in [0.2, 0.25) is 0 Å². The predicted octanol–water partition coefficient (Wildman–Crippen LogP) is -0.426. The van der Waals surface area contributed by atoms with Crippen LogP contribution in [0.3, 0.4) is 0 Å². The van der Waals surface area contributed by atoms with E-state index in [1.807, 2.05) is 30.3 Å². The van der Waals surface area contributed by atoms with E-state index in [-0.39, 0.29) is 6.61 Å². The third-order valence-electron chi connectivity index (χ3n) is 3.40. The summed E-state index contributed by atoms with van der Waals surface area (Å²) in [7, 11) is 0. The maximum Gasteiger partial charge on any atom is 0.303 e. The molecule has 7 nitrogen and oxygen atoms in total. The molecule has 1 aromatic rings. The highest BCUT2D eigenvalue weighted by atomic mass is 16.7. The molecule has 7 heteroatoms.